The Balaban J connectivity index is 1.78. The number of fused-ring (bicyclic) bond motifs is 1. The molecule has 34 heavy (non-hydrogen) atoms. The van der Waals surface area contributed by atoms with Crippen LogP contribution in [0.2, 0.25) is 4.34 Å². The molecule has 2 amide bonds. The molecule has 12 nitrogen and oxygen atoms in total. The molecule has 1 aromatic rings. The molecule has 4 N–H and O–H groups in total. The van der Waals surface area contributed by atoms with Gasteiger partial charge in [-0.25, -0.2) is 14.6 Å². The average Bonchev–Trinajstić information content (AvgIpc) is 3.05. The second-order valence-electron chi connectivity index (χ2n) is 8.27. The van der Waals surface area contributed by atoms with Crippen molar-refractivity contribution in [2.45, 2.75) is 44.7 Å². The van der Waals surface area contributed by atoms with Gasteiger partial charge in [-0.15, -0.1) is 11.8 Å². The van der Waals surface area contributed by atoms with E-state index in [0.29, 0.717) is 11.3 Å². The number of carboxylic acid groups (broad SMARTS) is 1. The average molecular weight is 532 g/mol. The highest BCUT2D eigenvalue weighted by atomic mass is 35.5. The normalized spacial score (nSPS) is 20.4. The Hall–Kier alpha value is -2.84. The monoisotopic (exact) mass is 531 g/mol. The van der Waals surface area contributed by atoms with Crippen molar-refractivity contribution >= 4 is 69.3 Å². The number of hydrogen-bond donors (Lipinski definition) is 3. The van der Waals surface area contributed by atoms with Gasteiger partial charge >= 0.3 is 11.9 Å². The molecule has 0 aliphatic carbocycles. The second-order valence-corrected chi connectivity index (χ2v) is 11.0. The first-order valence-corrected chi connectivity index (χ1v) is 12.1. The predicted molar refractivity (Wildman–Crippen MR) is 125 cm³/mol. The van der Waals surface area contributed by atoms with Crippen LogP contribution in [0.25, 0.3) is 0 Å². The number of oxime groups is 1. The zero-order valence-corrected chi connectivity index (χ0v) is 21.0. The van der Waals surface area contributed by atoms with E-state index in [-0.39, 0.29) is 20.9 Å². The van der Waals surface area contributed by atoms with Gasteiger partial charge in [0.15, 0.2) is 10.8 Å². The summed E-state index contributed by atoms with van der Waals surface area (Å²) in [4.78, 5) is 59.3. The zero-order valence-electron chi connectivity index (χ0n) is 18.6. The van der Waals surface area contributed by atoms with Gasteiger partial charge in [-0.1, -0.05) is 28.1 Å². The number of carboxylic acids is 1. The number of halogens is 1. The van der Waals surface area contributed by atoms with Crippen molar-refractivity contribution in [1.82, 2.24) is 15.2 Å². The van der Waals surface area contributed by atoms with Crippen molar-refractivity contribution in [2.75, 3.05) is 18.1 Å². The van der Waals surface area contributed by atoms with E-state index in [1.165, 1.54) is 11.8 Å². The lowest BCUT2D eigenvalue weighted by molar-refractivity contribution is -0.160. The number of nitrogens with one attached hydrogen (secondary N) is 1. The Labute approximate surface area is 207 Å². The smallest absolute Gasteiger partial charge is 0.352 e. The van der Waals surface area contributed by atoms with Gasteiger partial charge in [-0.2, -0.15) is 0 Å². The minimum Gasteiger partial charge on any atom is -0.477 e. The van der Waals surface area contributed by atoms with Gasteiger partial charge in [-0.05, 0) is 33.3 Å². The number of thiazole rings is 1. The summed E-state index contributed by atoms with van der Waals surface area (Å²) in [7, 11) is 0. The number of thioether (sulfide) groups is 1. The number of amides is 2. The zero-order chi connectivity index (χ0) is 25.4. The summed E-state index contributed by atoms with van der Waals surface area (Å²) in [5.41, 5.74) is 4.88. The fourth-order valence-corrected chi connectivity index (χ4v) is 5.38. The number of carbonyl (C=O) groups excluding carboxylic acids is 3. The molecule has 2 aliphatic rings. The first-order chi connectivity index (χ1) is 15.8. The van der Waals surface area contributed by atoms with Crippen LogP contribution in [0.1, 0.15) is 33.4 Å². The molecule has 1 aromatic heterocycles. The summed E-state index contributed by atoms with van der Waals surface area (Å²) in [5, 5.41) is 15.1. The number of rotatable bonds is 7. The number of aliphatic carboxylic acids is 1. The first-order valence-electron chi connectivity index (χ1n) is 9.82. The molecule has 15 heteroatoms. The van der Waals surface area contributed by atoms with E-state index in [0.717, 1.165) is 16.2 Å². The minimum absolute atomic E-state index is 0.0487. The van der Waals surface area contributed by atoms with E-state index >= 15 is 0 Å². The number of aromatic nitrogens is 1. The molecular weight excluding hydrogens is 510 g/mol. The third-order valence-corrected chi connectivity index (χ3v) is 6.96. The summed E-state index contributed by atoms with van der Waals surface area (Å²) >= 11 is 8.34. The number of esters is 1. The highest BCUT2D eigenvalue weighted by Gasteiger charge is 2.54. The van der Waals surface area contributed by atoms with Crippen LogP contribution in [0.4, 0.5) is 5.13 Å². The second kappa shape index (κ2) is 9.80. The molecule has 184 valence electrons. The Morgan fingerprint density at radius 1 is 1.38 bits per heavy atom. The first kappa shape index (κ1) is 25.8. The third kappa shape index (κ3) is 5.45. The van der Waals surface area contributed by atoms with Crippen molar-refractivity contribution in [3.8, 4) is 0 Å². The molecule has 2 aliphatic heterocycles. The molecule has 0 saturated carbocycles. The molecule has 0 spiro atoms. The lowest BCUT2D eigenvalue weighted by atomic mass is 10.0. The molecule has 1 saturated heterocycles. The maximum absolute atomic E-state index is 13.0. The predicted octanol–water partition coefficient (Wildman–Crippen LogP) is 1.20. The van der Waals surface area contributed by atoms with Crippen LogP contribution in [-0.2, 0) is 28.8 Å². The van der Waals surface area contributed by atoms with E-state index in [4.69, 9.17) is 26.9 Å². The fraction of sp³-hybridized carbons (Fsp3) is 0.474. The van der Waals surface area contributed by atoms with Crippen molar-refractivity contribution < 1.29 is 33.9 Å². The van der Waals surface area contributed by atoms with E-state index in [1.54, 1.807) is 27.7 Å². The molecule has 0 radical (unpaired) electrons. The van der Waals surface area contributed by atoms with E-state index in [2.05, 4.69) is 15.5 Å². The van der Waals surface area contributed by atoms with E-state index in [9.17, 15) is 24.3 Å². The lowest BCUT2D eigenvalue weighted by Gasteiger charge is -2.49. The summed E-state index contributed by atoms with van der Waals surface area (Å²) in [6, 6.07) is -1.01. The van der Waals surface area contributed by atoms with E-state index in [1.807, 2.05) is 0 Å². The standard InChI is InChI=1S/C19H22ClN5O7S2/c1-7-6-33-16-11(15(28)25(16)12(7)17(29)30)22-14(27)10(9-13(20)34-18(21)23-9)24-31-5-8(26)32-19(2,3)4/h11,16H,5-6H2,1-4H3,(H2,21,23)(H,22,27)(H,29,30)/t11?,16-/m0/s1. The maximum Gasteiger partial charge on any atom is 0.352 e. The molecule has 3 heterocycles. The fourth-order valence-electron chi connectivity index (χ4n) is 3.16. The molecule has 0 bridgehead atoms. The molecule has 1 fully saturated rings. The molecule has 3 rings (SSSR count). The van der Waals surface area contributed by atoms with Crippen molar-refractivity contribution in [2.24, 2.45) is 5.16 Å². The van der Waals surface area contributed by atoms with Crippen LogP contribution >= 0.6 is 34.7 Å². The van der Waals surface area contributed by atoms with Crippen LogP contribution in [0, 0.1) is 0 Å². The Morgan fingerprint density at radius 3 is 2.62 bits per heavy atom. The van der Waals surface area contributed by atoms with Gasteiger partial charge in [0.2, 0.25) is 6.61 Å². The van der Waals surface area contributed by atoms with Gasteiger partial charge in [0.1, 0.15) is 32.7 Å². The van der Waals surface area contributed by atoms with Crippen LogP contribution in [0.3, 0.4) is 0 Å². The number of carbonyl (C=O) groups is 4. The van der Waals surface area contributed by atoms with Gasteiger partial charge < -0.3 is 25.7 Å². The lowest BCUT2D eigenvalue weighted by Crippen LogP contribution is -2.71. The topological polar surface area (TPSA) is 174 Å². The number of ether oxygens (including phenoxy) is 1. The summed E-state index contributed by atoms with van der Waals surface area (Å²) in [6.45, 7) is 6.08. The Bertz CT molecular complexity index is 1110. The molecule has 1 unspecified atom stereocenters. The summed E-state index contributed by atoms with van der Waals surface area (Å²) < 4.78 is 5.17. The Kier molecular flexibility index (Phi) is 7.43. The number of anilines is 1. The quantitative estimate of drug-likeness (QED) is 0.201. The number of hydrogen-bond acceptors (Lipinski definition) is 11. The SMILES string of the molecule is CC1=C(C(=O)O)N2C(=O)C(NC(=O)C(=NOCC(=O)OC(C)(C)C)c3nc(N)sc3Cl)[C@@H]2SC1. The highest BCUT2D eigenvalue weighted by molar-refractivity contribution is 8.00. The largest absolute Gasteiger partial charge is 0.477 e. The third-order valence-electron chi connectivity index (χ3n) is 4.45. The van der Waals surface area contributed by atoms with Crippen LogP contribution in [0.5, 0.6) is 0 Å². The van der Waals surface area contributed by atoms with Crippen LogP contribution in [-0.4, -0.2) is 73.8 Å². The van der Waals surface area contributed by atoms with Crippen LogP contribution in [0.15, 0.2) is 16.4 Å². The van der Waals surface area contributed by atoms with E-state index < -0.39 is 53.1 Å². The van der Waals surface area contributed by atoms with Crippen molar-refractivity contribution in [1.29, 1.82) is 0 Å². The molecular formula is C19H22ClN5O7S2. The van der Waals surface area contributed by atoms with Crippen LogP contribution < -0.4 is 11.1 Å². The number of nitrogens with two attached hydrogens (primary N) is 1. The van der Waals surface area contributed by atoms with Gasteiger partial charge in [-0.3, -0.25) is 14.5 Å². The molecule has 0 aromatic carbocycles. The van der Waals surface area contributed by atoms with Crippen molar-refractivity contribution in [3.05, 3.63) is 21.3 Å². The maximum atomic E-state index is 13.0. The van der Waals surface area contributed by atoms with Gasteiger partial charge in [0, 0.05) is 5.75 Å². The summed E-state index contributed by atoms with van der Waals surface area (Å²) in [5.74, 6) is -3.00. The molecule has 2 atom stereocenters. The number of β-lactam (4-membered cyclic amide) rings is 1. The number of nitrogen functional groups attached to an aromatic ring is 1. The Morgan fingerprint density at radius 2 is 2.06 bits per heavy atom. The van der Waals surface area contributed by atoms with Gasteiger partial charge in [0.25, 0.3) is 11.8 Å². The number of nitrogens with zero attached hydrogens (tertiary/aromatic N) is 3. The van der Waals surface area contributed by atoms with Crippen molar-refractivity contribution in [3.63, 3.8) is 0 Å². The summed E-state index contributed by atoms with van der Waals surface area (Å²) in [6.07, 6.45) is 0. The van der Waals surface area contributed by atoms with Gasteiger partial charge in [0.05, 0.1) is 0 Å². The highest BCUT2D eigenvalue weighted by Crippen LogP contribution is 2.40. The minimum atomic E-state index is -1.22.